The molecule has 2 aliphatic rings. The van der Waals surface area contributed by atoms with Gasteiger partial charge in [-0.1, -0.05) is 31.0 Å². The Hall–Kier alpha value is -1.02. The summed E-state index contributed by atoms with van der Waals surface area (Å²) < 4.78 is 6.13. The summed E-state index contributed by atoms with van der Waals surface area (Å²) >= 11 is 0. The monoisotopic (exact) mass is 486 g/mol. The lowest BCUT2D eigenvalue weighted by atomic mass is 9.90. The second kappa shape index (κ2) is 9.96. The lowest BCUT2D eigenvalue weighted by Gasteiger charge is -2.38. The average molecular weight is 486 g/mol. The van der Waals surface area contributed by atoms with Gasteiger partial charge in [0.15, 0.2) is 5.96 Å². The SMILES string of the molecule is CN=C(NCCN(C)C1CCCC1)NC1CC(C)(C)Oc2ccccc21.I. The molecule has 5 nitrogen and oxygen atoms in total. The van der Waals surface area contributed by atoms with Crippen LogP contribution < -0.4 is 15.4 Å². The number of para-hydroxylation sites is 1. The van der Waals surface area contributed by atoms with E-state index in [1.165, 1.54) is 31.2 Å². The van der Waals surface area contributed by atoms with Gasteiger partial charge in [-0.15, -0.1) is 24.0 Å². The van der Waals surface area contributed by atoms with Gasteiger partial charge >= 0.3 is 0 Å². The smallest absolute Gasteiger partial charge is 0.191 e. The summed E-state index contributed by atoms with van der Waals surface area (Å²) in [6, 6.07) is 9.26. The van der Waals surface area contributed by atoms with Crippen LogP contribution in [0.5, 0.6) is 5.75 Å². The number of likely N-dealkylation sites (N-methyl/N-ethyl adjacent to an activating group) is 1. The molecule has 2 N–H and O–H groups in total. The van der Waals surface area contributed by atoms with Crippen molar-refractivity contribution < 1.29 is 4.74 Å². The first kappa shape index (κ1) is 22.3. The van der Waals surface area contributed by atoms with Gasteiger partial charge in [0.2, 0.25) is 0 Å². The highest BCUT2D eigenvalue weighted by Crippen LogP contribution is 2.39. The van der Waals surface area contributed by atoms with Crippen molar-refractivity contribution in [1.82, 2.24) is 15.5 Å². The molecule has 1 fully saturated rings. The Morgan fingerprint density at radius 3 is 2.67 bits per heavy atom. The van der Waals surface area contributed by atoms with Crippen molar-refractivity contribution in [3.63, 3.8) is 0 Å². The molecular weight excluding hydrogens is 451 g/mol. The molecule has 152 valence electrons. The zero-order chi connectivity index (χ0) is 18.6. The molecule has 1 unspecified atom stereocenters. The fourth-order valence-electron chi connectivity index (χ4n) is 4.17. The molecule has 1 aromatic carbocycles. The molecule has 0 aromatic heterocycles. The van der Waals surface area contributed by atoms with Crippen molar-refractivity contribution in [3.8, 4) is 5.75 Å². The second-order valence-electron chi connectivity index (χ2n) is 8.22. The third-order valence-corrected chi connectivity index (χ3v) is 5.62. The summed E-state index contributed by atoms with van der Waals surface area (Å²) in [6.07, 6.45) is 6.36. The maximum atomic E-state index is 6.13. The van der Waals surface area contributed by atoms with Crippen LogP contribution in [0.15, 0.2) is 29.3 Å². The van der Waals surface area contributed by atoms with Gasteiger partial charge in [0.05, 0.1) is 6.04 Å². The first-order valence-electron chi connectivity index (χ1n) is 9.94. The highest BCUT2D eigenvalue weighted by molar-refractivity contribution is 14.0. The van der Waals surface area contributed by atoms with Crippen LogP contribution in [0.3, 0.4) is 0 Å². The highest BCUT2D eigenvalue weighted by atomic mass is 127. The summed E-state index contributed by atoms with van der Waals surface area (Å²) in [5.41, 5.74) is 1.02. The number of fused-ring (bicyclic) bond motifs is 1. The molecule has 0 bridgehead atoms. The molecule has 3 rings (SSSR count). The standard InChI is InChI=1S/C21H34N4O.HI/c1-21(2)15-18(17-11-7-8-12-19(17)26-21)24-20(22-3)23-13-14-25(4)16-9-5-6-10-16;/h7-8,11-12,16,18H,5-6,9-10,13-15H2,1-4H3,(H2,22,23,24);1H. The van der Waals surface area contributed by atoms with Crippen LogP contribution in [0.25, 0.3) is 0 Å². The number of hydrogen-bond donors (Lipinski definition) is 2. The van der Waals surface area contributed by atoms with E-state index in [1.54, 1.807) is 0 Å². The largest absolute Gasteiger partial charge is 0.487 e. The molecule has 1 heterocycles. The predicted octanol–water partition coefficient (Wildman–Crippen LogP) is 3.95. The first-order valence-corrected chi connectivity index (χ1v) is 9.94. The fraction of sp³-hybridized carbons (Fsp3) is 0.667. The number of nitrogens with zero attached hydrogens (tertiary/aromatic N) is 2. The summed E-state index contributed by atoms with van der Waals surface area (Å²) in [6.45, 7) is 6.23. The zero-order valence-electron chi connectivity index (χ0n) is 17.1. The predicted molar refractivity (Wildman–Crippen MR) is 123 cm³/mol. The van der Waals surface area contributed by atoms with Crippen molar-refractivity contribution in [2.24, 2.45) is 4.99 Å². The highest BCUT2D eigenvalue weighted by Gasteiger charge is 2.33. The van der Waals surface area contributed by atoms with Gasteiger partial charge < -0.3 is 20.3 Å². The molecule has 1 atom stereocenters. The van der Waals surface area contributed by atoms with E-state index in [2.05, 4.69) is 59.6 Å². The van der Waals surface area contributed by atoms with Crippen molar-refractivity contribution in [1.29, 1.82) is 0 Å². The molecule has 1 aromatic rings. The number of hydrogen-bond acceptors (Lipinski definition) is 3. The third-order valence-electron chi connectivity index (χ3n) is 5.62. The number of guanidine groups is 1. The van der Waals surface area contributed by atoms with Crippen LogP contribution in [0, 0.1) is 0 Å². The van der Waals surface area contributed by atoms with Crippen molar-refractivity contribution in [3.05, 3.63) is 29.8 Å². The van der Waals surface area contributed by atoms with Crippen LogP contribution in [0.1, 0.15) is 57.6 Å². The third kappa shape index (κ3) is 5.98. The summed E-state index contributed by atoms with van der Waals surface area (Å²) in [7, 11) is 4.08. The van der Waals surface area contributed by atoms with Crippen LogP contribution >= 0.6 is 24.0 Å². The van der Waals surface area contributed by atoms with E-state index in [-0.39, 0.29) is 35.6 Å². The van der Waals surface area contributed by atoms with Gasteiger partial charge in [-0.05, 0) is 39.8 Å². The first-order chi connectivity index (χ1) is 12.5. The Kier molecular flexibility index (Phi) is 8.21. The van der Waals surface area contributed by atoms with Gasteiger partial charge in [0.1, 0.15) is 11.4 Å². The van der Waals surface area contributed by atoms with Crippen molar-refractivity contribution in [2.45, 2.75) is 63.6 Å². The maximum Gasteiger partial charge on any atom is 0.191 e. The zero-order valence-corrected chi connectivity index (χ0v) is 19.5. The number of aliphatic imine (C=N–C) groups is 1. The molecule has 0 spiro atoms. The van der Waals surface area contributed by atoms with Gasteiger partial charge in [-0.3, -0.25) is 4.99 Å². The lowest BCUT2D eigenvalue weighted by molar-refractivity contribution is 0.0694. The van der Waals surface area contributed by atoms with Crippen molar-refractivity contribution in [2.75, 3.05) is 27.2 Å². The van der Waals surface area contributed by atoms with Crippen LogP contribution in [-0.4, -0.2) is 49.7 Å². The van der Waals surface area contributed by atoms with Crippen LogP contribution in [0.2, 0.25) is 0 Å². The number of nitrogens with one attached hydrogen (secondary N) is 2. The molecule has 6 heteroatoms. The molecular formula is C21H35IN4O. The average Bonchev–Trinajstić information content (AvgIpc) is 3.14. The Bertz CT molecular complexity index is 628. The minimum atomic E-state index is -0.187. The van der Waals surface area contributed by atoms with Gasteiger partial charge in [-0.25, -0.2) is 0 Å². The molecule has 0 amide bonds. The number of halogens is 1. The molecule has 0 saturated heterocycles. The van der Waals surface area contributed by atoms with E-state index in [4.69, 9.17) is 4.74 Å². The number of rotatable bonds is 5. The van der Waals surface area contributed by atoms with Crippen LogP contribution in [-0.2, 0) is 0 Å². The maximum absolute atomic E-state index is 6.13. The summed E-state index contributed by atoms with van der Waals surface area (Å²) in [4.78, 5) is 6.92. The molecule has 27 heavy (non-hydrogen) atoms. The van der Waals surface area contributed by atoms with E-state index >= 15 is 0 Å². The lowest BCUT2D eigenvalue weighted by Crippen LogP contribution is -2.47. The Morgan fingerprint density at radius 2 is 1.96 bits per heavy atom. The topological polar surface area (TPSA) is 48.9 Å². The number of benzene rings is 1. The second-order valence-corrected chi connectivity index (χ2v) is 8.22. The summed E-state index contributed by atoms with van der Waals surface area (Å²) in [5.74, 6) is 1.83. The van der Waals surface area contributed by atoms with E-state index in [9.17, 15) is 0 Å². The van der Waals surface area contributed by atoms with E-state index in [0.29, 0.717) is 0 Å². The number of ether oxygens (including phenoxy) is 1. The van der Waals surface area contributed by atoms with Crippen molar-refractivity contribution >= 4 is 29.9 Å². The van der Waals surface area contributed by atoms with E-state index in [0.717, 1.165) is 37.3 Å². The van der Waals surface area contributed by atoms with Gasteiger partial charge in [-0.2, -0.15) is 0 Å². The van der Waals surface area contributed by atoms with Crippen LogP contribution in [0.4, 0.5) is 0 Å². The Morgan fingerprint density at radius 1 is 1.26 bits per heavy atom. The molecule has 1 aliphatic heterocycles. The fourth-order valence-corrected chi connectivity index (χ4v) is 4.17. The minimum Gasteiger partial charge on any atom is -0.487 e. The molecule has 1 aliphatic carbocycles. The van der Waals surface area contributed by atoms with E-state index < -0.39 is 0 Å². The van der Waals surface area contributed by atoms with Gasteiger partial charge in [0, 0.05) is 38.2 Å². The summed E-state index contributed by atoms with van der Waals surface area (Å²) in [5, 5.41) is 7.09. The van der Waals surface area contributed by atoms with Gasteiger partial charge in [0.25, 0.3) is 0 Å². The van der Waals surface area contributed by atoms with E-state index in [1.807, 2.05) is 13.1 Å². The molecule has 1 saturated carbocycles. The molecule has 0 radical (unpaired) electrons. The Labute approximate surface area is 181 Å². The quantitative estimate of drug-likeness (QED) is 0.376. The Balaban J connectivity index is 0.00000261. The normalized spacial score (nSPS) is 22.0. The minimum absolute atomic E-state index is 0.